The number of hydrogen-bond donors (Lipinski definition) is 1. The maximum Gasteiger partial charge on any atom is 0.340 e. The summed E-state index contributed by atoms with van der Waals surface area (Å²) in [5, 5.41) is 1.38. The molecule has 0 aliphatic carbocycles. The topological polar surface area (TPSA) is 42.1 Å². The van der Waals surface area contributed by atoms with Gasteiger partial charge in [0, 0.05) is 11.6 Å². The van der Waals surface area contributed by atoms with Crippen molar-refractivity contribution >= 4 is 28.5 Å². The van der Waals surface area contributed by atoms with Crippen LogP contribution >= 0.6 is 11.6 Å². The van der Waals surface area contributed by atoms with E-state index in [-0.39, 0.29) is 5.97 Å². The number of esters is 1. The first-order chi connectivity index (χ1) is 6.74. The summed E-state index contributed by atoms with van der Waals surface area (Å²) in [6.07, 6.45) is 1.60. The molecule has 0 bridgehead atoms. The molecule has 1 heterocycles. The monoisotopic (exact) mass is 209 g/mol. The Morgan fingerprint density at radius 1 is 1.50 bits per heavy atom. The molecule has 1 N–H and O–H groups in total. The van der Waals surface area contributed by atoms with Gasteiger partial charge in [-0.15, -0.1) is 0 Å². The molecule has 4 heteroatoms. The van der Waals surface area contributed by atoms with E-state index in [2.05, 4.69) is 9.72 Å². The smallest absolute Gasteiger partial charge is 0.340 e. The van der Waals surface area contributed by atoms with Gasteiger partial charge in [0.25, 0.3) is 0 Å². The van der Waals surface area contributed by atoms with Gasteiger partial charge < -0.3 is 9.72 Å². The molecule has 0 atom stereocenters. The highest BCUT2D eigenvalue weighted by Gasteiger charge is 2.12. The highest BCUT2D eigenvalue weighted by atomic mass is 35.5. The average Bonchev–Trinajstić information content (AvgIpc) is 2.62. The number of nitrogens with one attached hydrogen (secondary N) is 1. The predicted molar refractivity (Wildman–Crippen MR) is 54.6 cm³/mol. The van der Waals surface area contributed by atoms with Gasteiger partial charge in [-0.25, -0.2) is 4.79 Å². The van der Waals surface area contributed by atoms with Crippen LogP contribution in [-0.2, 0) is 4.74 Å². The van der Waals surface area contributed by atoms with Crippen LogP contribution in [0.3, 0.4) is 0 Å². The quantitative estimate of drug-likeness (QED) is 0.734. The molecule has 0 saturated heterocycles. The van der Waals surface area contributed by atoms with Gasteiger partial charge in [0.05, 0.1) is 23.2 Å². The molecule has 2 rings (SSSR count). The van der Waals surface area contributed by atoms with Crippen LogP contribution in [0, 0.1) is 0 Å². The molecule has 0 radical (unpaired) electrons. The lowest BCUT2D eigenvalue weighted by molar-refractivity contribution is 0.0603. The number of fused-ring (bicyclic) bond motifs is 1. The Bertz CT molecular complexity index is 490. The van der Waals surface area contributed by atoms with E-state index in [1.165, 1.54) is 7.11 Å². The number of aromatic nitrogens is 1. The van der Waals surface area contributed by atoms with Crippen molar-refractivity contribution in [3.8, 4) is 0 Å². The Kier molecular flexibility index (Phi) is 2.17. The average molecular weight is 210 g/mol. The lowest BCUT2D eigenvalue weighted by Gasteiger charge is -1.96. The van der Waals surface area contributed by atoms with Crippen molar-refractivity contribution < 1.29 is 9.53 Å². The summed E-state index contributed by atoms with van der Waals surface area (Å²) in [5.41, 5.74) is 1.26. The fraction of sp³-hybridized carbons (Fsp3) is 0.100. The summed E-state index contributed by atoms with van der Waals surface area (Å²) in [5.74, 6) is -0.362. The van der Waals surface area contributed by atoms with Gasteiger partial charge in [-0.1, -0.05) is 23.7 Å². The van der Waals surface area contributed by atoms with E-state index in [9.17, 15) is 4.79 Å². The first-order valence-corrected chi connectivity index (χ1v) is 4.45. The van der Waals surface area contributed by atoms with Crippen molar-refractivity contribution in [2.75, 3.05) is 7.11 Å². The second kappa shape index (κ2) is 3.35. The van der Waals surface area contributed by atoms with E-state index in [1.54, 1.807) is 18.3 Å². The highest BCUT2D eigenvalue weighted by molar-refractivity contribution is 6.35. The van der Waals surface area contributed by atoms with E-state index in [4.69, 9.17) is 11.6 Å². The van der Waals surface area contributed by atoms with Crippen molar-refractivity contribution in [1.82, 2.24) is 4.98 Å². The predicted octanol–water partition coefficient (Wildman–Crippen LogP) is 2.61. The third kappa shape index (κ3) is 1.26. The van der Waals surface area contributed by atoms with Crippen LogP contribution in [0.2, 0.25) is 5.02 Å². The first-order valence-electron chi connectivity index (χ1n) is 4.08. The molecule has 0 amide bonds. The lowest BCUT2D eigenvalue weighted by Crippen LogP contribution is -1.99. The number of hydrogen-bond acceptors (Lipinski definition) is 2. The Hall–Kier alpha value is -1.48. The van der Waals surface area contributed by atoms with Crippen molar-refractivity contribution in [2.45, 2.75) is 0 Å². The molecule has 14 heavy (non-hydrogen) atoms. The largest absolute Gasteiger partial charge is 0.465 e. The third-order valence-electron chi connectivity index (χ3n) is 2.07. The van der Waals surface area contributed by atoms with Crippen molar-refractivity contribution in [1.29, 1.82) is 0 Å². The van der Waals surface area contributed by atoms with Gasteiger partial charge in [-0.05, 0) is 6.07 Å². The zero-order valence-electron chi connectivity index (χ0n) is 7.50. The van der Waals surface area contributed by atoms with Crippen LogP contribution in [0.5, 0.6) is 0 Å². The van der Waals surface area contributed by atoms with Crippen LogP contribution in [-0.4, -0.2) is 18.1 Å². The molecule has 0 fully saturated rings. The summed E-state index contributed by atoms with van der Waals surface area (Å²) in [6, 6.07) is 5.39. The molecule has 3 nitrogen and oxygen atoms in total. The van der Waals surface area contributed by atoms with Gasteiger partial charge in [-0.2, -0.15) is 0 Å². The van der Waals surface area contributed by atoms with Crippen LogP contribution in [0.25, 0.3) is 10.9 Å². The zero-order valence-corrected chi connectivity index (χ0v) is 8.26. The molecular formula is C10H8ClNO2. The minimum absolute atomic E-state index is 0.362. The number of rotatable bonds is 1. The summed E-state index contributed by atoms with van der Waals surface area (Å²) in [6.45, 7) is 0. The normalized spacial score (nSPS) is 10.4. The maximum atomic E-state index is 11.3. The highest BCUT2D eigenvalue weighted by Crippen LogP contribution is 2.25. The van der Waals surface area contributed by atoms with Crippen LogP contribution in [0.4, 0.5) is 0 Å². The number of aromatic amines is 1. The van der Waals surface area contributed by atoms with Gasteiger partial charge in [0.2, 0.25) is 0 Å². The number of para-hydroxylation sites is 1. The van der Waals surface area contributed by atoms with Crippen molar-refractivity contribution in [3.05, 3.63) is 35.0 Å². The van der Waals surface area contributed by atoms with Gasteiger partial charge >= 0.3 is 5.97 Å². The molecule has 72 valence electrons. The Labute approximate surface area is 85.6 Å². The minimum Gasteiger partial charge on any atom is -0.465 e. The van der Waals surface area contributed by atoms with Crippen molar-refractivity contribution in [2.24, 2.45) is 0 Å². The second-order valence-electron chi connectivity index (χ2n) is 2.86. The molecule has 1 aromatic heterocycles. The van der Waals surface area contributed by atoms with Crippen LogP contribution in [0.1, 0.15) is 10.4 Å². The van der Waals surface area contributed by atoms with E-state index in [0.717, 1.165) is 10.9 Å². The van der Waals surface area contributed by atoms with Crippen LogP contribution in [0.15, 0.2) is 24.4 Å². The zero-order chi connectivity index (χ0) is 10.1. The number of carbonyl (C=O) groups excluding carboxylic acids is 1. The Morgan fingerprint density at radius 3 is 3.00 bits per heavy atom. The van der Waals surface area contributed by atoms with E-state index in [0.29, 0.717) is 10.6 Å². The lowest BCUT2D eigenvalue weighted by atomic mass is 10.2. The number of H-pyrrole nitrogens is 1. The molecule has 0 aliphatic rings. The number of benzene rings is 1. The molecule has 0 saturated carbocycles. The fourth-order valence-corrected chi connectivity index (χ4v) is 1.63. The van der Waals surface area contributed by atoms with Crippen LogP contribution < -0.4 is 0 Å². The molecule has 0 aliphatic heterocycles. The van der Waals surface area contributed by atoms with E-state index < -0.39 is 0 Å². The number of methoxy groups -OCH3 is 1. The van der Waals surface area contributed by atoms with E-state index in [1.807, 2.05) is 6.07 Å². The number of halogens is 1. The Balaban J connectivity index is 2.70. The summed E-state index contributed by atoms with van der Waals surface area (Å²) in [4.78, 5) is 14.3. The summed E-state index contributed by atoms with van der Waals surface area (Å²) < 4.78 is 4.64. The third-order valence-corrected chi connectivity index (χ3v) is 2.38. The first kappa shape index (κ1) is 9.09. The SMILES string of the molecule is COC(=O)c1c[nH]c2c(Cl)cccc12. The number of ether oxygens (including phenoxy) is 1. The summed E-state index contributed by atoms with van der Waals surface area (Å²) in [7, 11) is 1.35. The Morgan fingerprint density at radius 2 is 2.29 bits per heavy atom. The number of carbonyl (C=O) groups is 1. The van der Waals surface area contributed by atoms with E-state index >= 15 is 0 Å². The molecular weight excluding hydrogens is 202 g/mol. The standard InChI is InChI=1S/C10H8ClNO2/c1-14-10(13)7-5-12-9-6(7)3-2-4-8(9)11/h2-5,12H,1H3. The van der Waals surface area contributed by atoms with Gasteiger partial charge in [0.15, 0.2) is 0 Å². The van der Waals surface area contributed by atoms with Crippen molar-refractivity contribution in [3.63, 3.8) is 0 Å². The summed E-state index contributed by atoms with van der Waals surface area (Å²) >= 11 is 5.93. The molecule has 1 aromatic carbocycles. The molecule has 0 spiro atoms. The van der Waals surface area contributed by atoms with Gasteiger partial charge in [-0.3, -0.25) is 0 Å². The molecule has 2 aromatic rings. The maximum absolute atomic E-state index is 11.3. The molecule has 0 unspecified atom stereocenters. The second-order valence-corrected chi connectivity index (χ2v) is 3.26. The minimum atomic E-state index is -0.362. The van der Waals surface area contributed by atoms with Gasteiger partial charge in [0.1, 0.15) is 0 Å². The fourth-order valence-electron chi connectivity index (χ4n) is 1.40.